The molecule has 0 radical (unpaired) electrons. The fourth-order valence-electron chi connectivity index (χ4n) is 2.01. The molecule has 0 saturated heterocycles. The molecular weight excluding hydrogens is 241 g/mol. The van der Waals surface area contributed by atoms with Gasteiger partial charge in [0, 0.05) is 17.7 Å². The Labute approximate surface area is 110 Å². The molecule has 3 rings (SSSR count). The van der Waals surface area contributed by atoms with Crippen molar-refractivity contribution in [3.05, 3.63) is 70.5 Å². The van der Waals surface area contributed by atoms with Crippen LogP contribution in [0.1, 0.15) is 27.0 Å². The maximum absolute atomic E-state index is 13.4. The molecule has 0 saturated carbocycles. The molecule has 1 amide bonds. The second kappa shape index (κ2) is 4.58. The molecule has 1 aliphatic heterocycles. The number of carbonyl (C=O) groups excluding carboxylic acids is 1. The number of nitrogens with one attached hydrogen (secondary N) is 1. The van der Waals surface area contributed by atoms with E-state index in [0.29, 0.717) is 17.7 Å². The Kier molecular flexibility index (Phi) is 2.77. The zero-order valence-electron chi connectivity index (χ0n) is 10.0. The lowest BCUT2D eigenvalue weighted by Crippen LogP contribution is -2.12. The quantitative estimate of drug-likeness (QED) is 0.716. The van der Waals surface area contributed by atoms with Gasteiger partial charge in [-0.15, -0.1) is 0 Å². The first-order chi connectivity index (χ1) is 9.24. The lowest BCUT2D eigenvalue weighted by atomic mass is 10.1. The van der Waals surface area contributed by atoms with Gasteiger partial charge in [-0.1, -0.05) is 24.0 Å². The lowest BCUT2D eigenvalue weighted by Gasteiger charge is -1.96. The zero-order chi connectivity index (χ0) is 13.2. The largest absolute Gasteiger partial charge is 0.348 e. The van der Waals surface area contributed by atoms with Crippen molar-refractivity contribution < 1.29 is 9.18 Å². The highest BCUT2D eigenvalue weighted by Crippen LogP contribution is 2.16. The summed E-state index contributed by atoms with van der Waals surface area (Å²) in [5.74, 6) is 5.34. The average molecular weight is 251 g/mol. The van der Waals surface area contributed by atoms with Crippen molar-refractivity contribution in [2.45, 2.75) is 6.54 Å². The SMILES string of the molecule is O=C1NCc2cc(C#Cc3ccccc3F)ccc21. The molecule has 0 bridgehead atoms. The smallest absolute Gasteiger partial charge is 0.251 e. The van der Waals surface area contributed by atoms with Gasteiger partial charge in [0.1, 0.15) is 5.82 Å². The maximum Gasteiger partial charge on any atom is 0.251 e. The van der Waals surface area contributed by atoms with Crippen LogP contribution in [0.4, 0.5) is 4.39 Å². The Morgan fingerprint density at radius 2 is 1.95 bits per heavy atom. The van der Waals surface area contributed by atoms with Gasteiger partial charge in [-0.2, -0.15) is 0 Å². The van der Waals surface area contributed by atoms with Crippen LogP contribution in [0.5, 0.6) is 0 Å². The van der Waals surface area contributed by atoms with E-state index >= 15 is 0 Å². The Morgan fingerprint density at radius 1 is 1.11 bits per heavy atom. The van der Waals surface area contributed by atoms with E-state index in [1.54, 1.807) is 30.3 Å². The minimum Gasteiger partial charge on any atom is -0.348 e. The number of fused-ring (bicyclic) bond motifs is 1. The van der Waals surface area contributed by atoms with Crippen molar-refractivity contribution in [3.8, 4) is 11.8 Å². The average Bonchev–Trinajstić information content (AvgIpc) is 2.79. The third kappa shape index (κ3) is 2.21. The lowest BCUT2D eigenvalue weighted by molar-refractivity contribution is 0.0966. The number of benzene rings is 2. The van der Waals surface area contributed by atoms with Crippen LogP contribution in [0, 0.1) is 17.7 Å². The Balaban J connectivity index is 1.94. The minimum atomic E-state index is -0.326. The van der Waals surface area contributed by atoms with Crippen LogP contribution in [-0.2, 0) is 6.54 Å². The molecular formula is C16H10FNO. The molecule has 0 aromatic heterocycles. The van der Waals surface area contributed by atoms with Crippen molar-refractivity contribution in [2.24, 2.45) is 0 Å². The number of rotatable bonds is 0. The Morgan fingerprint density at radius 3 is 2.79 bits per heavy atom. The molecule has 2 aromatic rings. The second-order valence-electron chi connectivity index (χ2n) is 4.28. The van der Waals surface area contributed by atoms with Gasteiger partial charge in [0.2, 0.25) is 0 Å². The molecule has 3 heteroatoms. The van der Waals surface area contributed by atoms with E-state index in [1.807, 2.05) is 6.07 Å². The van der Waals surface area contributed by atoms with Gasteiger partial charge >= 0.3 is 0 Å². The summed E-state index contributed by atoms with van der Waals surface area (Å²) in [6.07, 6.45) is 0. The molecule has 92 valence electrons. The highest BCUT2D eigenvalue weighted by molar-refractivity contribution is 5.98. The van der Waals surface area contributed by atoms with Gasteiger partial charge in [-0.05, 0) is 35.9 Å². The van der Waals surface area contributed by atoms with Crippen LogP contribution in [-0.4, -0.2) is 5.91 Å². The van der Waals surface area contributed by atoms with Crippen molar-refractivity contribution in [1.29, 1.82) is 0 Å². The van der Waals surface area contributed by atoms with E-state index in [0.717, 1.165) is 11.1 Å². The predicted molar refractivity (Wildman–Crippen MR) is 70.0 cm³/mol. The molecule has 19 heavy (non-hydrogen) atoms. The normalized spacial score (nSPS) is 12.4. The Bertz CT molecular complexity index is 725. The van der Waals surface area contributed by atoms with Crippen LogP contribution >= 0.6 is 0 Å². The summed E-state index contributed by atoms with van der Waals surface area (Å²) in [6.45, 7) is 0.531. The van der Waals surface area contributed by atoms with Crippen LogP contribution < -0.4 is 5.32 Å². The number of amides is 1. The molecule has 0 aliphatic carbocycles. The maximum atomic E-state index is 13.4. The first-order valence-electron chi connectivity index (χ1n) is 5.92. The van der Waals surface area contributed by atoms with Gasteiger partial charge in [0.25, 0.3) is 5.91 Å². The van der Waals surface area contributed by atoms with E-state index in [1.165, 1.54) is 6.07 Å². The molecule has 2 aromatic carbocycles. The monoisotopic (exact) mass is 251 g/mol. The highest BCUT2D eigenvalue weighted by Gasteiger charge is 2.17. The van der Waals surface area contributed by atoms with Gasteiger partial charge in [0.05, 0.1) is 5.56 Å². The van der Waals surface area contributed by atoms with Crippen LogP contribution in [0.25, 0.3) is 0 Å². The third-order valence-corrected chi connectivity index (χ3v) is 3.00. The predicted octanol–water partition coefficient (Wildman–Crippen LogP) is 2.47. The van der Waals surface area contributed by atoms with E-state index in [-0.39, 0.29) is 11.7 Å². The summed E-state index contributed by atoms with van der Waals surface area (Å²) in [5, 5.41) is 2.75. The Hall–Kier alpha value is -2.60. The van der Waals surface area contributed by atoms with E-state index < -0.39 is 0 Å². The topological polar surface area (TPSA) is 29.1 Å². The third-order valence-electron chi connectivity index (χ3n) is 3.00. The van der Waals surface area contributed by atoms with Crippen LogP contribution in [0.2, 0.25) is 0 Å². The molecule has 0 spiro atoms. The van der Waals surface area contributed by atoms with Crippen molar-refractivity contribution >= 4 is 5.91 Å². The minimum absolute atomic E-state index is 0.0522. The van der Waals surface area contributed by atoms with E-state index in [2.05, 4.69) is 17.2 Å². The molecule has 0 fully saturated rings. The summed E-state index contributed by atoms with van der Waals surface area (Å²) in [4.78, 5) is 11.4. The molecule has 1 heterocycles. The van der Waals surface area contributed by atoms with Gasteiger partial charge in [-0.25, -0.2) is 4.39 Å². The summed E-state index contributed by atoms with van der Waals surface area (Å²) in [6, 6.07) is 11.8. The molecule has 2 nitrogen and oxygen atoms in total. The first kappa shape index (κ1) is 11.5. The summed E-state index contributed by atoms with van der Waals surface area (Å²) in [5.41, 5.74) is 2.78. The molecule has 0 unspecified atom stereocenters. The number of hydrogen-bond acceptors (Lipinski definition) is 1. The summed E-state index contributed by atoms with van der Waals surface area (Å²) < 4.78 is 13.4. The number of carbonyl (C=O) groups is 1. The fraction of sp³-hybridized carbons (Fsp3) is 0.0625. The zero-order valence-corrected chi connectivity index (χ0v) is 10.0. The highest BCUT2D eigenvalue weighted by atomic mass is 19.1. The van der Waals surface area contributed by atoms with E-state index in [4.69, 9.17) is 0 Å². The summed E-state index contributed by atoms with van der Waals surface area (Å²) >= 11 is 0. The first-order valence-corrected chi connectivity index (χ1v) is 5.92. The van der Waals surface area contributed by atoms with Gasteiger partial charge in [0.15, 0.2) is 0 Å². The molecule has 0 atom stereocenters. The van der Waals surface area contributed by atoms with E-state index in [9.17, 15) is 9.18 Å². The van der Waals surface area contributed by atoms with Gasteiger partial charge < -0.3 is 5.32 Å². The van der Waals surface area contributed by atoms with Crippen molar-refractivity contribution in [1.82, 2.24) is 5.32 Å². The second-order valence-corrected chi connectivity index (χ2v) is 4.28. The summed E-state index contributed by atoms with van der Waals surface area (Å²) in [7, 11) is 0. The van der Waals surface area contributed by atoms with Crippen molar-refractivity contribution in [2.75, 3.05) is 0 Å². The number of hydrogen-bond donors (Lipinski definition) is 1. The van der Waals surface area contributed by atoms with Gasteiger partial charge in [-0.3, -0.25) is 4.79 Å². The molecule has 1 aliphatic rings. The van der Waals surface area contributed by atoms with Crippen LogP contribution in [0.3, 0.4) is 0 Å². The molecule has 1 N–H and O–H groups in total. The number of halogens is 1. The standard InChI is InChI=1S/C16H10FNO/c17-15-4-2-1-3-12(15)7-5-11-6-8-14-13(9-11)10-18-16(14)19/h1-4,6,8-9H,10H2,(H,18,19). The fourth-order valence-corrected chi connectivity index (χ4v) is 2.01. The van der Waals surface area contributed by atoms with Crippen LogP contribution in [0.15, 0.2) is 42.5 Å². The van der Waals surface area contributed by atoms with Crippen molar-refractivity contribution in [3.63, 3.8) is 0 Å².